The number of aromatic nitrogens is 3. The number of benzene rings is 1. The van der Waals surface area contributed by atoms with Gasteiger partial charge in [0.15, 0.2) is 0 Å². The number of pyridine rings is 1. The van der Waals surface area contributed by atoms with Crippen molar-refractivity contribution < 1.29 is 28.2 Å². The third-order valence-corrected chi connectivity index (χ3v) is 9.85. The van der Waals surface area contributed by atoms with Crippen molar-refractivity contribution in [3.8, 4) is 17.1 Å². The average molecular weight is 659 g/mol. The number of amides is 3. The molecule has 5 aliphatic rings. The minimum atomic E-state index is -0.713. The van der Waals surface area contributed by atoms with Crippen LogP contribution in [-0.4, -0.2) is 101 Å². The molecule has 3 aromatic rings. The van der Waals surface area contributed by atoms with Crippen LogP contribution in [0.25, 0.3) is 11.3 Å². The molecule has 48 heavy (non-hydrogen) atoms. The summed E-state index contributed by atoms with van der Waals surface area (Å²) in [4.78, 5) is 47.1. The SMILES string of the molecule is CCN1CC(C)(C)Oc2nc(N3C4CCC3COC4)nc(-c3ccc(NC(=O)Nc4ccc(N5C[C@@H]6C[C@H]5CO6)nc4)c(F)c3)c2C1=O. The molecule has 2 N–H and O–H groups in total. The Balaban J connectivity index is 1.06. The zero-order chi connectivity index (χ0) is 33.2. The fourth-order valence-electron chi connectivity index (χ4n) is 7.57. The van der Waals surface area contributed by atoms with Gasteiger partial charge in [-0.15, -0.1) is 0 Å². The smallest absolute Gasteiger partial charge is 0.323 e. The maximum absolute atomic E-state index is 15.7. The van der Waals surface area contributed by atoms with E-state index in [0.29, 0.717) is 56.2 Å². The Hall–Kier alpha value is -4.56. The van der Waals surface area contributed by atoms with Gasteiger partial charge in [-0.3, -0.25) is 4.79 Å². The highest BCUT2D eigenvalue weighted by Gasteiger charge is 2.43. The minimum Gasteiger partial charge on any atom is -0.469 e. The molecular weight excluding hydrogens is 619 g/mol. The summed E-state index contributed by atoms with van der Waals surface area (Å²) in [6.07, 6.45) is 4.73. The number of nitrogens with one attached hydrogen (secondary N) is 2. The molecule has 4 fully saturated rings. The molecule has 1 aromatic carbocycles. The Morgan fingerprint density at radius 1 is 1.06 bits per heavy atom. The lowest BCUT2D eigenvalue weighted by molar-refractivity contribution is 0.0540. The van der Waals surface area contributed by atoms with Crippen LogP contribution in [0.15, 0.2) is 36.5 Å². The average Bonchev–Trinajstić information content (AvgIpc) is 3.75. The Labute approximate surface area is 277 Å². The van der Waals surface area contributed by atoms with E-state index in [9.17, 15) is 9.59 Å². The number of fused-ring (bicyclic) bond motifs is 5. The molecule has 13 nitrogen and oxygen atoms in total. The van der Waals surface area contributed by atoms with Crippen molar-refractivity contribution in [1.29, 1.82) is 0 Å². The summed E-state index contributed by atoms with van der Waals surface area (Å²) in [6.45, 7) is 9.19. The highest BCUT2D eigenvalue weighted by molar-refractivity contribution is 6.03. The van der Waals surface area contributed by atoms with Crippen LogP contribution < -0.4 is 25.2 Å². The summed E-state index contributed by atoms with van der Waals surface area (Å²) in [7, 11) is 0. The number of nitrogens with zero attached hydrogens (tertiary/aromatic N) is 6. The highest BCUT2D eigenvalue weighted by atomic mass is 19.1. The number of rotatable bonds is 6. The van der Waals surface area contributed by atoms with E-state index < -0.39 is 17.4 Å². The van der Waals surface area contributed by atoms with Crippen LogP contribution in [0.4, 0.5) is 32.3 Å². The molecule has 0 saturated carbocycles. The van der Waals surface area contributed by atoms with E-state index in [4.69, 9.17) is 24.2 Å². The molecule has 14 heteroatoms. The van der Waals surface area contributed by atoms with Crippen molar-refractivity contribution in [3.05, 3.63) is 47.9 Å². The lowest BCUT2D eigenvalue weighted by Gasteiger charge is -2.35. The molecule has 0 radical (unpaired) electrons. The van der Waals surface area contributed by atoms with Crippen LogP contribution in [0.5, 0.6) is 5.88 Å². The molecule has 0 aliphatic carbocycles. The molecule has 0 spiro atoms. The fraction of sp³-hybridized carbons (Fsp3) is 0.500. The van der Waals surface area contributed by atoms with E-state index in [1.54, 1.807) is 23.2 Å². The molecule has 2 unspecified atom stereocenters. The summed E-state index contributed by atoms with van der Waals surface area (Å²) < 4.78 is 33.6. The lowest BCUT2D eigenvalue weighted by Crippen LogP contribution is -2.47. The van der Waals surface area contributed by atoms with Crippen LogP contribution >= 0.6 is 0 Å². The van der Waals surface area contributed by atoms with Crippen molar-refractivity contribution in [1.82, 2.24) is 19.9 Å². The summed E-state index contributed by atoms with van der Waals surface area (Å²) in [5, 5.41) is 5.31. The lowest BCUT2D eigenvalue weighted by atomic mass is 10.0. The van der Waals surface area contributed by atoms with Crippen LogP contribution in [-0.2, 0) is 9.47 Å². The topological polar surface area (TPSA) is 134 Å². The Kier molecular flexibility index (Phi) is 7.59. The third-order valence-electron chi connectivity index (χ3n) is 9.85. The molecule has 4 atom stereocenters. The third kappa shape index (κ3) is 5.56. The van der Waals surface area contributed by atoms with E-state index in [1.807, 2.05) is 26.8 Å². The number of hydrogen-bond donors (Lipinski definition) is 2. The van der Waals surface area contributed by atoms with Crippen LogP contribution in [0.2, 0.25) is 0 Å². The summed E-state index contributed by atoms with van der Waals surface area (Å²) in [5.41, 5.74) is 0.571. The molecule has 5 aliphatic heterocycles. The second-order valence-corrected chi connectivity index (χ2v) is 13.7. The van der Waals surface area contributed by atoms with E-state index in [-0.39, 0.29) is 46.9 Å². The zero-order valence-corrected chi connectivity index (χ0v) is 27.2. The van der Waals surface area contributed by atoms with E-state index in [1.165, 1.54) is 12.1 Å². The monoisotopic (exact) mass is 658 g/mol. The van der Waals surface area contributed by atoms with Gasteiger partial charge >= 0.3 is 6.03 Å². The second-order valence-electron chi connectivity index (χ2n) is 13.7. The van der Waals surface area contributed by atoms with Crippen molar-refractivity contribution >= 4 is 35.1 Å². The van der Waals surface area contributed by atoms with Crippen molar-refractivity contribution in [2.24, 2.45) is 0 Å². The fourth-order valence-corrected chi connectivity index (χ4v) is 7.57. The molecule has 4 saturated heterocycles. The van der Waals surface area contributed by atoms with Gasteiger partial charge in [-0.05, 0) is 64.3 Å². The highest BCUT2D eigenvalue weighted by Crippen LogP contribution is 2.40. The number of ether oxygens (including phenoxy) is 3. The first-order valence-electron chi connectivity index (χ1n) is 16.6. The number of hydrogen-bond acceptors (Lipinski definition) is 10. The first-order valence-corrected chi connectivity index (χ1v) is 16.6. The van der Waals surface area contributed by atoms with E-state index >= 15 is 4.39 Å². The number of halogens is 1. The van der Waals surface area contributed by atoms with Gasteiger partial charge in [0.25, 0.3) is 5.91 Å². The molecule has 4 bridgehead atoms. The first-order chi connectivity index (χ1) is 23.2. The van der Waals surface area contributed by atoms with Gasteiger partial charge in [-0.25, -0.2) is 19.2 Å². The van der Waals surface area contributed by atoms with E-state index in [0.717, 1.165) is 31.6 Å². The quantitative estimate of drug-likeness (QED) is 0.395. The van der Waals surface area contributed by atoms with Gasteiger partial charge < -0.3 is 39.5 Å². The standard InChI is InChI=1S/C34H39FN8O5/c1-4-41-18-34(2,3)48-30-28(31(41)44)29(39-32(40-30)43-21-7-8-22(43)16-46-15-21)19-5-9-26(25(35)11-19)38-33(45)37-20-6-10-27(36-13-20)42-14-24-12-23(42)17-47-24/h5-6,9-11,13,21-24H,4,7-8,12,14-18H2,1-3H3,(H2,37,38,45)/t21?,22?,23-,24-/m0/s1. The second kappa shape index (κ2) is 11.8. The van der Waals surface area contributed by atoms with Crippen LogP contribution in [0.1, 0.15) is 50.4 Å². The van der Waals surface area contributed by atoms with Crippen molar-refractivity contribution in [2.75, 3.05) is 59.9 Å². The first kappa shape index (κ1) is 30.8. The molecule has 3 amide bonds. The van der Waals surface area contributed by atoms with Gasteiger partial charge in [-0.1, -0.05) is 6.07 Å². The molecule has 2 aromatic heterocycles. The molecule has 7 heterocycles. The van der Waals surface area contributed by atoms with Crippen molar-refractivity contribution in [3.63, 3.8) is 0 Å². The predicted octanol–water partition coefficient (Wildman–Crippen LogP) is 4.30. The summed E-state index contributed by atoms with van der Waals surface area (Å²) in [5.74, 6) is 0.480. The Morgan fingerprint density at radius 2 is 1.88 bits per heavy atom. The number of likely N-dealkylation sites (N-methyl/N-ethyl adjacent to an activating group) is 1. The van der Waals surface area contributed by atoms with Gasteiger partial charge in [0.05, 0.1) is 73.9 Å². The van der Waals surface area contributed by atoms with Crippen LogP contribution in [0, 0.1) is 5.82 Å². The molecule has 8 rings (SSSR count). The summed E-state index contributed by atoms with van der Waals surface area (Å²) >= 11 is 0. The molecular formula is C34H39FN8O5. The Morgan fingerprint density at radius 3 is 2.54 bits per heavy atom. The van der Waals surface area contributed by atoms with Gasteiger partial charge in [-0.2, -0.15) is 4.98 Å². The number of carbonyl (C=O) groups excluding carboxylic acids is 2. The maximum Gasteiger partial charge on any atom is 0.323 e. The van der Waals surface area contributed by atoms with Crippen LogP contribution in [0.3, 0.4) is 0 Å². The number of morpholine rings is 2. The number of anilines is 4. The maximum atomic E-state index is 15.7. The Bertz CT molecular complexity index is 1740. The summed E-state index contributed by atoms with van der Waals surface area (Å²) in [6, 6.07) is 7.94. The molecule has 252 valence electrons. The largest absolute Gasteiger partial charge is 0.469 e. The normalized spacial score (nSPS) is 25.5. The van der Waals surface area contributed by atoms with Gasteiger partial charge in [0.2, 0.25) is 11.8 Å². The van der Waals surface area contributed by atoms with Crippen molar-refractivity contribution in [2.45, 2.75) is 69.9 Å². The minimum absolute atomic E-state index is 0.0283. The van der Waals surface area contributed by atoms with E-state index in [2.05, 4.69) is 25.4 Å². The number of urea groups is 1. The number of carbonyl (C=O) groups is 2. The van der Waals surface area contributed by atoms with Gasteiger partial charge in [0, 0.05) is 18.7 Å². The van der Waals surface area contributed by atoms with Gasteiger partial charge in [0.1, 0.15) is 22.8 Å². The zero-order valence-electron chi connectivity index (χ0n) is 27.2. The predicted molar refractivity (Wildman–Crippen MR) is 176 cm³/mol.